The summed E-state index contributed by atoms with van der Waals surface area (Å²) in [7, 11) is 2.24. The third-order valence-electron chi connectivity index (χ3n) is 5.83. The van der Waals surface area contributed by atoms with Gasteiger partial charge in [-0.25, -0.2) is 0 Å². The highest BCUT2D eigenvalue weighted by molar-refractivity contribution is 5.85. The lowest BCUT2D eigenvalue weighted by Crippen LogP contribution is -2.37. The first-order chi connectivity index (χ1) is 13.3. The molecule has 0 spiro atoms. The van der Waals surface area contributed by atoms with E-state index in [1.807, 2.05) is 0 Å². The Morgan fingerprint density at radius 1 is 0.893 bits per heavy atom. The van der Waals surface area contributed by atoms with Crippen molar-refractivity contribution in [2.45, 2.75) is 31.8 Å². The van der Waals surface area contributed by atoms with Crippen molar-refractivity contribution in [3.63, 3.8) is 0 Å². The van der Waals surface area contributed by atoms with Gasteiger partial charge in [0.2, 0.25) is 0 Å². The van der Waals surface area contributed by atoms with Gasteiger partial charge in [0, 0.05) is 11.7 Å². The minimum absolute atomic E-state index is 0. The Labute approximate surface area is 175 Å². The molecule has 0 radical (unpaired) electrons. The fraction of sp³-hybridized carbons (Fsp3) is 0.280. The molecule has 0 amide bonds. The van der Waals surface area contributed by atoms with E-state index < -0.39 is 0 Å². The molecule has 0 aliphatic heterocycles. The molecule has 0 bridgehead atoms. The fourth-order valence-electron chi connectivity index (χ4n) is 4.19. The second-order valence-electron chi connectivity index (χ2n) is 7.49. The van der Waals surface area contributed by atoms with Gasteiger partial charge < -0.3 is 10.2 Å². The molecule has 3 aromatic rings. The number of hydrogen-bond donors (Lipinski definition) is 1. The van der Waals surface area contributed by atoms with Crippen molar-refractivity contribution in [1.29, 1.82) is 0 Å². The van der Waals surface area contributed by atoms with Crippen LogP contribution in [0.1, 0.15) is 35.2 Å². The molecule has 0 saturated carbocycles. The molecule has 1 N–H and O–H groups in total. The minimum Gasteiger partial charge on any atom is -0.376 e. The Hall–Kier alpha value is -2.29. The largest absolute Gasteiger partial charge is 0.376 e. The summed E-state index contributed by atoms with van der Waals surface area (Å²) in [5.74, 6) is 0. The van der Waals surface area contributed by atoms with Crippen LogP contribution in [0.5, 0.6) is 0 Å². The Balaban J connectivity index is 0.00000225. The minimum atomic E-state index is 0. The number of anilines is 1. The van der Waals surface area contributed by atoms with E-state index in [4.69, 9.17) is 0 Å². The number of benzene rings is 3. The maximum absolute atomic E-state index is 3.91. The maximum Gasteiger partial charge on any atom is 0.0675 e. The van der Waals surface area contributed by atoms with Crippen molar-refractivity contribution in [2.75, 3.05) is 18.9 Å². The zero-order valence-electron chi connectivity index (χ0n) is 16.6. The van der Waals surface area contributed by atoms with Crippen LogP contribution in [0, 0.1) is 0 Å². The van der Waals surface area contributed by atoms with Crippen LogP contribution >= 0.6 is 12.4 Å². The Kier molecular flexibility index (Phi) is 6.77. The number of para-hydroxylation sites is 1. The molecule has 2 atom stereocenters. The normalized spacial score (nSPS) is 17.8. The van der Waals surface area contributed by atoms with Crippen LogP contribution in [0.4, 0.5) is 5.69 Å². The van der Waals surface area contributed by atoms with Crippen molar-refractivity contribution in [2.24, 2.45) is 0 Å². The maximum atomic E-state index is 3.91. The number of halogens is 1. The van der Waals surface area contributed by atoms with Crippen LogP contribution in [-0.2, 0) is 12.8 Å². The first kappa shape index (κ1) is 20.4. The van der Waals surface area contributed by atoms with E-state index in [-0.39, 0.29) is 12.4 Å². The summed E-state index contributed by atoms with van der Waals surface area (Å²) in [6.07, 6.45) is 2.06. The van der Waals surface area contributed by atoms with E-state index in [1.165, 1.54) is 27.9 Å². The molecule has 28 heavy (non-hydrogen) atoms. The third-order valence-corrected chi connectivity index (χ3v) is 5.83. The van der Waals surface area contributed by atoms with E-state index >= 15 is 0 Å². The Morgan fingerprint density at radius 3 is 2.36 bits per heavy atom. The van der Waals surface area contributed by atoms with Crippen molar-refractivity contribution in [1.82, 2.24) is 4.90 Å². The highest BCUT2D eigenvalue weighted by Gasteiger charge is 2.34. The predicted molar refractivity (Wildman–Crippen MR) is 122 cm³/mol. The quantitative estimate of drug-likeness (QED) is 0.576. The predicted octanol–water partition coefficient (Wildman–Crippen LogP) is 5.73. The van der Waals surface area contributed by atoms with E-state index in [9.17, 15) is 0 Å². The number of rotatable bonds is 6. The van der Waals surface area contributed by atoms with Gasteiger partial charge in [-0.15, -0.1) is 12.4 Å². The second-order valence-corrected chi connectivity index (χ2v) is 7.49. The molecular formula is C25H29ClN2. The molecule has 146 valence electrons. The molecule has 1 aliphatic rings. The lowest BCUT2D eigenvalue weighted by Gasteiger charge is -2.31. The van der Waals surface area contributed by atoms with Crippen molar-refractivity contribution in [3.8, 4) is 0 Å². The molecule has 1 aliphatic carbocycles. The van der Waals surface area contributed by atoms with Crippen LogP contribution in [0.15, 0.2) is 78.9 Å². The number of fused-ring (bicyclic) bond motifs is 1. The number of likely N-dealkylation sites (N-methyl/N-ethyl adjacent to an activating group) is 1. The summed E-state index contributed by atoms with van der Waals surface area (Å²) in [6, 6.07) is 29.2. The number of hydrogen-bond acceptors (Lipinski definition) is 2. The fourth-order valence-corrected chi connectivity index (χ4v) is 4.19. The first-order valence-corrected chi connectivity index (χ1v) is 9.92. The molecule has 2 unspecified atom stereocenters. The zero-order valence-corrected chi connectivity index (χ0v) is 17.5. The van der Waals surface area contributed by atoms with Gasteiger partial charge in [-0.1, -0.05) is 79.7 Å². The van der Waals surface area contributed by atoms with Gasteiger partial charge in [0.1, 0.15) is 0 Å². The molecule has 3 aromatic carbocycles. The Bertz CT molecular complexity index is 894. The van der Waals surface area contributed by atoms with Crippen molar-refractivity contribution < 1.29 is 0 Å². The topological polar surface area (TPSA) is 15.3 Å². The van der Waals surface area contributed by atoms with Gasteiger partial charge in [0.15, 0.2) is 0 Å². The van der Waals surface area contributed by atoms with Gasteiger partial charge in [0.25, 0.3) is 0 Å². The Morgan fingerprint density at radius 2 is 1.57 bits per heavy atom. The van der Waals surface area contributed by atoms with Gasteiger partial charge in [-0.2, -0.15) is 0 Å². The van der Waals surface area contributed by atoms with E-state index in [0.717, 1.165) is 19.4 Å². The first-order valence-electron chi connectivity index (χ1n) is 9.92. The molecule has 2 nitrogen and oxygen atoms in total. The molecule has 0 fully saturated rings. The van der Waals surface area contributed by atoms with Crippen LogP contribution < -0.4 is 5.32 Å². The van der Waals surface area contributed by atoms with E-state index in [0.29, 0.717) is 12.1 Å². The summed E-state index contributed by atoms with van der Waals surface area (Å²) in [6.45, 7) is 3.30. The van der Waals surface area contributed by atoms with Crippen molar-refractivity contribution in [3.05, 3.63) is 101 Å². The average molecular weight is 393 g/mol. The summed E-state index contributed by atoms with van der Waals surface area (Å²) in [5, 5.41) is 3.91. The molecule has 3 heteroatoms. The third kappa shape index (κ3) is 4.24. The lowest BCUT2D eigenvalue weighted by atomic mass is 10.0. The van der Waals surface area contributed by atoms with Gasteiger partial charge in [-0.05, 0) is 54.8 Å². The monoisotopic (exact) mass is 392 g/mol. The van der Waals surface area contributed by atoms with Crippen LogP contribution in [0.25, 0.3) is 0 Å². The van der Waals surface area contributed by atoms with Crippen LogP contribution in [0.2, 0.25) is 0 Å². The van der Waals surface area contributed by atoms with Crippen LogP contribution in [0.3, 0.4) is 0 Å². The molecule has 0 heterocycles. The van der Waals surface area contributed by atoms with Gasteiger partial charge in [-0.3, -0.25) is 0 Å². The standard InChI is InChI=1S/C25H28N2.ClH/c1-3-27(2)24-18-20-13-7-9-15-22(20)25(24)26-23-16-10-8-14-21(23)17-19-11-5-4-6-12-19;/h4-16,24-26H,3,17-18H2,1-2H3;1H. The highest BCUT2D eigenvalue weighted by Crippen LogP contribution is 2.37. The summed E-state index contributed by atoms with van der Waals surface area (Å²) in [4.78, 5) is 2.47. The number of nitrogens with one attached hydrogen (secondary N) is 1. The SMILES string of the molecule is CCN(C)C1Cc2ccccc2C1Nc1ccccc1Cc1ccccc1.Cl. The molecule has 4 rings (SSSR count). The molecule has 0 saturated heterocycles. The lowest BCUT2D eigenvalue weighted by molar-refractivity contribution is 0.241. The molecular weight excluding hydrogens is 364 g/mol. The van der Waals surface area contributed by atoms with Crippen molar-refractivity contribution >= 4 is 18.1 Å². The van der Waals surface area contributed by atoms with E-state index in [2.05, 4.69) is 103 Å². The second kappa shape index (κ2) is 9.27. The highest BCUT2D eigenvalue weighted by atomic mass is 35.5. The summed E-state index contributed by atoms with van der Waals surface area (Å²) in [5.41, 5.74) is 6.86. The average Bonchev–Trinajstić information content (AvgIpc) is 3.08. The zero-order chi connectivity index (χ0) is 18.6. The summed E-state index contributed by atoms with van der Waals surface area (Å²) >= 11 is 0. The summed E-state index contributed by atoms with van der Waals surface area (Å²) < 4.78 is 0. The smallest absolute Gasteiger partial charge is 0.0675 e. The number of nitrogens with zero attached hydrogens (tertiary/aromatic N) is 1. The molecule has 0 aromatic heterocycles. The van der Waals surface area contributed by atoms with E-state index in [1.54, 1.807) is 0 Å². The van der Waals surface area contributed by atoms with Gasteiger partial charge >= 0.3 is 0 Å². The van der Waals surface area contributed by atoms with Crippen LogP contribution in [-0.4, -0.2) is 24.5 Å². The van der Waals surface area contributed by atoms with Gasteiger partial charge in [0.05, 0.1) is 6.04 Å².